The Morgan fingerprint density at radius 3 is 3.06 bits per heavy atom. The van der Waals surface area contributed by atoms with Crippen LogP contribution in [-0.2, 0) is 6.42 Å². The van der Waals surface area contributed by atoms with E-state index in [1.807, 2.05) is 11.8 Å². The predicted octanol–water partition coefficient (Wildman–Crippen LogP) is 3.46. The average molecular weight is 246 g/mol. The third kappa shape index (κ3) is 2.58. The molecule has 0 aliphatic carbocycles. The van der Waals surface area contributed by atoms with Gasteiger partial charge in [0.2, 0.25) is 0 Å². The summed E-state index contributed by atoms with van der Waals surface area (Å²) in [5.74, 6) is 1.10. The van der Waals surface area contributed by atoms with Gasteiger partial charge in [0.15, 0.2) is 0 Å². The highest BCUT2D eigenvalue weighted by Gasteiger charge is 2.23. The van der Waals surface area contributed by atoms with Gasteiger partial charge in [0.1, 0.15) is 0 Å². The first kappa shape index (κ1) is 12.3. The second kappa shape index (κ2) is 5.46. The van der Waals surface area contributed by atoms with Crippen LogP contribution in [0.1, 0.15) is 25.3 Å². The maximum atomic E-state index is 8.67. The molecule has 0 saturated carbocycles. The number of fused-ring (bicyclic) bond motifs is 1. The lowest BCUT2D eigenvalue weighted by Gasteiger charge is -2.35. The minimum Gasteiger partial charge on any atom is -0.370 e. The van der Waals surface area contributed by atoms with Crippen LogP contribution in [0.4, 0.5) is 5.69 Å². The maximum Gasteiger partial charge on any atom is 0.0622 e. The molecule has 0 saturated heterocycles. The molecule has 90 valence electrons. The molecule has 1 heterocycles. The lowest BCUT2D eigenvalue weighted by Crippen LogP contribution is -2.36. The lowest BCUT2D eigenvalue weighted by molar-refractivity contribution is 0.635. The van der Waals surface area contributed by atoms with Gasteiger partial charge in [-0.25, -0.2) is 0 Å². The Kier molecular flexibility index (Phi) is 3.96. The van der Waals surface area contributed by atoms with Crippen LogP contribution in [0.5, 0.6) is 0 Å². The van der Waals surface area contributed by atoms with Crippen molar-refractivity contribution in [3.8, 4) is 6.07 Å². The van der Waals surface area contributed by atoms with Gasteiger partial charge in [0.25, 0.3) is 0 Å². The van der Waals surface area contributed by atoms with E-state index < -0.39 is 0 Å². The highest BCUT2D eigenvalue weighted by Crippen LogP contribution is 2.38. The first-order valence-electron chi connectivity index (χ1n) is 6.11. The Bertz CT molecular complexity index is 436. The van der Waals surface area contributed by atoms with Crippen molar-refractivity contribution in [1.82, 2.24) is 0 Å². The standard InChI is InChI=1S/C14H18N2S/c1-3-11-6-7-13-14(9-11)17-10-12(16(13)2)5-4-8-15/h6-7,9,12H,3-5,10H2,1-2H3. The fourth-order valence-electron chi connectivity index (χ4n) is 2.19. The number of nitriles is 1. The fraction of sp³-hybridized carbons (Fsp3) is 0.500. The summed E-state index contributed by atoms with van der Waals surface area (Å²) in [5.41, 5.74) is 2.72. The smallest absolute Gasteiger partial charge is 0.0622 e. The van der Waals surface area contributed by atoms with Gasteiger partial charge in [-0.2, -0.15) is 5.26 Å². The summed E-state index contributed by atoms with van der Waals surface area (Å²) in [6.07, 6.45) is 2.71. The Morgan fingerprint density at radius 2 is 2.35 bits per heavy atom. The van der Waals surface area contributed by atoms with Gasteiger partial charge in [-0.05, 0) is 30.5 Å². The summed E-state index contributed by atoms with van der Waals surface area (Å²) >= 11 is 1.93. The number of anilines is 1. The van der Waals surface area contributed by atoms with Gasteiger partial charge in [-0.1, -0.05) is 13.0 Å². The molecular formula is C14H18N2S. The van der Waals surface area contributed by atoms with Crippen molar-refractivity contribution in [2.24, 2.45) is 0 Å². The first-order chi connectivity index (χ1) is 8.26. The van der Waals surface area contributed by atoms with E-state index in [-0.39, 0.29) is 0 Å². The van der Waals surface area contributed by atoms with Crippen molar-refractivity contribution < 1.29 is 0 Å². The summed E-state index contributed by atoms with van der Waals surface area (Å²) in [4.78, 5) is 3.72. The van der Waals surface area contributed by atoms with Gasteiger partial charge in [0, 0.05) is 30.2 Å². The van der Waals surface area contributed by atoms with Crippen LogP contribution in [0.3, 0.4) is 0 Å². The molecule has 2 rings (SSSR count). The van der Waals surface area contributed by atoms with Gasteiger partial charge in [-0.3, -0.25) is 0 Å². The zero-order valence-electron chi connectivity index (χ0n) is 10.4. The van der Waals surface area contributed by atoms with Crippen LogP contribution in [-0.4, -0.2) is 18.8 Å². The Labute approximate surface area is 108 Å². The molecule has 3 heteroatoms. The van der Waals surface area contributed by atoms with Crippen LogP contribution in [0.2, 0.25) is 0 Å². The van der Waals surface area contributed by atoms with Crippen LogP contribution >= 0.6 is 11.8 Å². The Balaban J connectivity index is 2.18. The van der Waals surface area contributed by atoms with E-state index in [4.69, 9.17) is 5.26 Å². The minimum absolute atomic E-state index is 0.500. The molecule has 1 aromatic rings. The zero-order valence-corrected chi connectivity index (χ0v) is 11.3. The van der Waals surface area contributed by atoms with Crippen LogP contribution in [0.15, 0.2) is 23.1 Å². The SMILES string of the molecule is CCc1ccc2c(c1)SCC(CCC#N)N2C. The predicted molar refractivity (Wildman–Crippen MR) is 73.6 cm³/mol. The molecule has 1 aliphatic heterocycles. The van der Waals surface area contributed by atoms with Crippen molar-refractivity contribution in [3.05, 3.63) is 23.8 Å². The normalized spacial score (nSPS) is 18.6. The highest BCUT2D eigenvalue weighted by atomic mass is 32.2. The minimum atomic E-state index is 0.500. The molecule has 0 aromatic heterocycles. The van der Waals surface area contributed by atoms with E-state index in [9.17, 15) is 0 Å². The quantitative estimate of drug-likeness (QED) is 0.817. The number of aryl methyl sites for hydroxylation is 1. The third-order valence-electron chi connectivity index (χ3n) is 3.38. The summed E-state index contributed by atoms with van der Waals surface area (Å²) in [6.45, 7) is 2.19. The Morgan fingerprint density at radius 1 is 1.53 bits per heavy atom. The molecule has 1 aromatic carbocycles. The molecule has 0 spiro atoms. The molecular weight excluding hydrogens is 228 g/mol. The van der Waals surface area contributed by atoms with Crippen molar-refractivity contribution >= 4 is 17.4 Å². The van der Waals surface area contributed by atoms with Crippen LogP contribution in [0, 0.1) is 11.3 Å². The molecule has 0 fully saturated rings. The van der Waals surface area contributed by atoms with E-state index in [0.717, 1.165) is 18.6 Å². The zero-order chi connectivity index (χ0) is 12.3. The second-order valence-electron chi connectivity index (χ2n) is 4.43. The number of benzene rings is 1. The van der Waals surface area contributed by atoms with Crippen LogP contribution in [0.25, 0.3) is 0 Å². The van der Waals surface area contributed by atoms with E-state index in [1.54, 1.807) is 0 Å². The molecule has 0 radical (unpaired) electrons. The van der Waals surface area contributed by atoms with E-state index >= 15 is 0 Å². The second-order valence-corrected chi connectivity index (χ2v) is 5.49. The molecule has 1 aliphatic rings. The van der Waals surface area contributed by atoms with E-state index in [2.05, 4.69) is 43.1 Å². The molecule has 0 N–H and O–H groups in total. The van der Waals surface area contributed by atoms with Gasteiger partial charge in [-0.15, -0.1) is 11.8 Å². The topological polar surface area (TPSA) is 27.0 Å². The number of thioether (sulfide) groups is 1. The maximum absolute atomic E-state index is 8.67. The summed E-state index contributed by atoms with van der Waals surface area (Å²) < 4.78 is 0. The van der Waals surface area contributed by atoms with Crippen molar-refractivity contribution in [2.45, 2.75) is 37.1 Å². The molecule has 0 amide bonds. The molecule has 1 atom stereocenters. The number of hydrogen-bond donors (Lipinski definition) is 0. The van der Waals surface area contributed by atoms with Gasteiger partial charge < -0.3 is 4.90 Å². The third-order valence-corrected chi connectivity index (χ3v) is 4.57. The average Bonchev–Trinajstić information content (AvgIpc) is 2.37. The monoisotopic (exact) mass is 246 g/mol. The molecule has 0 bridgehead atoms. The van der Waals surface area contributed by atoms with Gasteiger partial charge >= 0.3 is 0 Å². The van der Waals surface area contributed by atoms with Gasteiger partial charge in [0.05, 0.1) is 11.8 Å². The van der Waals surface area contributed by atoms with E-state index in [0.29, 0.717) is 12.5 Å². The van der Waals surface area contributed by atoms with E-state index in [1.165, 1.54) is 16.1 Å². The number of hydrogen-bond acceptors (Lipinski definition) is 3. The van der Waals surface area contributed by atoms with Crippen molar-refractivity contribution in [1.29, 1.82) is 5.26 Å². The summed E-state index contributed by atoms with van der Waals surface area (Å²) in [5, 5.41) is 8.67. The summed E-state index contributed by atoms with van der Waals surface area (Å²) in [6, 6.07) is 9.48. The lowest BCUT2D eigenvalue weighted by atomic mass is 10.1. The largest absolute Gasteiger partial charge is 0.370 e. The number of nitrogens with zero attached hydrogens (tertiary/aromatic N) is 2. The fourth-order valence-corrected chi connectivity index (χ4v) is 3.54. The molecule has 17 heavy (non-hydrogen) atoms. The van der Waals surface area contributed by atoms with Crippen LogP contribution < -0.4 is 4.90 Å². The molecule has 2 nitrogen and oxygen atoms in total. The molecule has 1 unspecified atom stereocenters. The number of rotatable bonds is 3. The summed E-state index contributed by atoms with van der Waals surface area (Å²) in [7, 11) is 2.15. The Hall–Kier alpha value is -1.14. The highest BCUT2D eigenvalue weighted by molar-refractivity contribution is 7.99. The van der Waals surface area contributed by atoms with Crippen molar-refractivity contribution in [3.63, 3.8) is 0 Å². The van der Waals surface area contributed by atoms with Crippen molar-refractivity contribution in [2.75, 3.05) is 17.7 Å². The first-order valence-corrected chi connectivity index (χ1v) is 7.10.